The third-order valence-electron chi connectivity index (χ3n) is 9.70. The third-order valence-corrected chi connectivity index (χ3v) is 13.2. The molecular formula is C35H48N3P. The van der Waals surface area contributed by atoms with Gasteiger partial charge in [-0.15, -0.1) is 5.10 Å². The summed E-state index contributed by atoms with van der Waals surface area (Å²) in [4.78, 5) is 0. The van der Waals surface area contributed by atoms with Crippen LogP contribution in [0.25, 0.3) is 5.69 Å². The van der Waals surface area contributed by atoms with Crippen LogP contribution in [0, 0.1) is 0 Å². The van der Waals surface area contributed by atoms with E-state index in [4.69, 9.17) is 10.3 Å². The van der Waals surface area contributed by atoms with Crippen molar-refractivity contribution in [1.29, 1.82) is 0 Å². The molecule has 0 spiro atoms. The second kappa shape index (κ2) is 13.1. The highest BCUT2D eigenvalue weighted by Gasteiger charge is 2.37. The van der Waals surface area contributed by atoms with Crippen LogP contribution in [0.3, 0.4) is 0 Å². The van der Waals surface area contributed by atoms with Crippen LogP contribution >= 0.6 is 7.92 Å². The van der Waals surface area contributed by atoms with E-state index in [2.05, 4.69) is 54.1 Å². The number of benzene rings is 2. The fourth-order valence-corrected chi connectivity index (χ4v) is 11.4. The Labute approximate surface area is 237 Å². The molecule has 3 aromatic rings. The van der Waals surface area contributed by atoms with Crippen LogP contribution in [0.4, 0.5) is 0 Å². The molecule has 4 heteroatoms. The van der Waals surface area contributed by atoms with E-state index < -0.39 is 0 Å². The van der Waals surface area contributed by atoms with E-state index in [0.29, 0.717) is 0 Å². The minimum absolute atomic E-state index is 0.274. The molecule has 0 saturated heterocycles. The van der Waals surface area contributed by atoms with Gasteiger partial charge in [0.1, 0.15) is 0 Å². The molecule has 4 bridgehead atoms. The zero-order chi connectivity index (χ0) is 26.4. The number of nitrogens with zero attached hydrogens (tertiary/aromatic N) is 3. The molecule has 2 saturated carbocycles. The van der Waals surface area contributed by atoms with E-state index in [9.17, 15) is 0 Å². The first-order valence-electron chi connectivity index (χ1n) is 16.2. The maximum absolute atomic E-state index is 5.07. The van der Waals surface area contributed by atoms with Crippen LogP contribution in [-0.4, -0.2) is 26.3 Å². The van der Waals surface area contributed by atoms with Gasteiger partial charge >= 0.3 is 0 Å². The number of unbranched alkanes of at least 4 members (excludes halogenated alkanes) is 2. The quantitative estimate of drug-likeness (QED) is 0.211. The minimum atomic E-state index is -0.274. The van der Waals surface area contributed by atoms with E-state index >= 15 is 0 Å². The molecule has 3 nitrogen and oxygen atoms in total. The smallest absolute Gasteiger partial charge is 0.0909 e. The topological polar surface area (TPSA) is 30.7 Å². The molecular weight excluding hydrogens is 493 g/mol. The number of aromatic nitrogens is 3. The van der Waals surface area contributed by atoms with Crippen molar-refractivity contribution in [3.05, 3.63) is 70.4 Å². The molecule has 0 aliphatic heterocycles. The standard InChI is InChI=1S/C35H48N3P/c1-2-3-6-15-33-35(39(31-11-7-4-8-12-31)32-13-9-5-10-14-32)38(37-36-33)34-26-29-21-20-27-16-18-28(19-17-27)22-24-30(34)25-23-29/h16-19,23,25-26,31-32H,2-15,20-22,24H2,1H3. The Morgan fingerprint density at radius 2 is 1.31 bits per heavy atom. The highest BCUT2D eigenvalue weighted by atomic mass is 31.1. The molecule has 0 unspecified atom stereocenters. The number of hydrogen-bond acceptors (Lipinski definition) is 2. The monoisotopic (exact) mass is 541 g/mol. The molecule has 1 heterocycles. The Kier molecular flexibility index (Phi) is 9.15. The second-order valence-electron chi connectivity index (χ2n) is 12.5. The second-order valence-corrected chi connectivity index (χ2v) is 15.2. The van der Waals surface area contributed by atoms with E-state index in [1.165, 1.54) is 117 Å². The predicted octanol–water partition coefficient (Wildman–Crippen LogP) is 8.66. The van der Waals surface area contributed by atoms with Crippen LogP contribution in [-0.2, 0) is 32.1 Å². The third kappa shape index (κ3) is 6.35. The van der Waals surface area contributed by atoms with Crippen molar-refractivity contribution < 1.29 is 0 Å². The summed E-state index contributed by atoms with van der Waals surface area (Å²) in [6, 6.07) is 16.7. The lowest BCUT2D eigenvalue weighted by Crippen LogP contribution is -2.32. The Morgan fingerprint density at radius 3 is 1.95 bits per heavy atom. The minimum Gasteiger partial charge on any atom is -0.213 e. The van der Waals surface area contributed by atoms with Gasteiger partial charge in [-0.05, 0) is 112 Å². The molecule has 6 aliphatic carbocycles. The molecule has 208 valence electrons. The van der Waals surface area contributed by atoms with Crippen LogP contribution in [0.1, 0.15) is 118 Å². The zero-order valence-electron chi connectivity index (χ0n) is 24.2. The van der Waals surface area contributed by atoms with Gasteiger partial charge in [-0.25, -0.2) is 4.68 Å². The molecule has 0 amide bonds. The maximum Gasteiger partial charge on any atom is 0.0909 e. The average molecular weight is 542 g/mol. The van der Waals surface area contributed by atoms with Crippen molar-refractivity contribution in [3.8, 4) is 5.69 Å². The lowest BCUT2D eigenvalue weighted by molar-refractivity contribution is 0.486. The van der Waals surface area contributed by atoms with Crippen molar-refractivity contribution in [3.63, 3.8) is 0 Å². The molecule has 0 atom stereocenters. The highest BCUT2D eigenvalue weighted by molar-refractivity contribution is 7.66. The zero-order valence-corrected chi connectivity index (χ0v) is 25.1. The summed E-state index contributed by atoms with van der Waals surface area (Å²) in [6.07, 6.45) is 23.4. The van der Waals surface area contributed by atoms with Crippen LogP contribution in [0.15, 0.2) is 42.5 Å². The van der Waals surface area contributed by atoms with Crippen molar-refractivity contribution in [2.24, 2.45) is 0 Å². The Morgan fingerprint density at radius 1 is 0.718 bits per heavy atom. The van der Waals surface area contributed by atoms with Crippen molar-refractivity contribution in [2.45, 2.75) is 134 Å². The molecule has 2 aromatic carbocycles. The molecule has 2 fully saturated rings. The first kappa shape index (κ1) is 27.2. The molecule has 0 N–H and O–H groups in total. The number of rotatable bonds is 8. The molecule has 9 rings (SSSR count). The molecule has 0 radical (unpaired) electrons. The van der Waals surface area contributed by atoms with Crippen molar-refractivity contribution in [1.82, 2.24) is 15.0 Å². The van der Waals surface area contributed by atoms with E-state index in [1.807, 2.05) is 0 Å². The predicted molar refractivity (Wildman–Crippen MR) is 166 cm³/mol. The van der Waals surface area contributed by atoms with Gasteiger partial charge in [-0.1, -0.05) is 99.9 Å². The number of aryl methyl sites for hydroxylation is 5. The summed E-state index contributed by atoms with van der Waals surface area (Å²) < 4.78 is 2.42. The van der Waals surface area contributed by atoms with Crippen LogP contribution in [0.5, 0.6) is 0 Å². The Hall–Kier alpha value is -1.99. The summed E-state index contributed by atoms with van der Waals surface area (Å²) in [5.74, 6) is 0. The van der Waals surface area contributed by atoms with Gasteiger partial charge in [-0.3, -0.25) is 0 Å². The van der Waals surface area contributed by atoms with E-state index in [-0.39, 0.29) is 7.92 Å². The van der Waals surface area contributed by atoms with Gasteiger partial charge in [0.15, 0.2) is 0 Å². The Balaban J connectivity index is 1.45. The van der Waals surface area contributed by atoms with Gasteiger partial charge < -0.3 is 0 Å². The van der Waals surface area contributed by atoms with Crippen molar-refractivity contribution >= 4 is 13.4 Å². The first-order valence-corrected chi connectivity index (χ1v) is 17.7. The van der Waals surface area contributed by atoms with Crippen molar-refractivity contribution in [2.75, 3.05) is 0 Å². The number of hydrogen-bond donors (Lipinski definition) is 0. The molecule has 6 aliphatic rings. The lowest BCUT2D eigenvalue weighted by atomic mass is 9.95. The SMILES string of the molecule is CCCCCc1nnn(-c2cc3ccc2CCc2ccc(cc2)CC3)c1P(C1CCCCC1)C1CCCCC1. The fourth-order valence-electron chi connectivity index (χ4n) is 7.41. The van der Waals surface area contributed by atoms with Gasteiger partial charge in [0.25, 0.3) is 0 Å². The van der Waals surface area contributed by atoms with Crippen LogP contribution in [0.2, 0.25) is 0 Å². The maximum atomic E-state index is 5.07. The largest absolute Gasteiger partial charge is 0.213 e. The summed E-state index contributed by atoms with van der Waals surface area (Å²) in [7, 11) is -0.274. The Bertz CT molecular complexity index is 1180. The van der Waals surface area contributed by atoms with Crippen LogP contribution < -0.4 is 5.44 Å². The highest BCUT2D eigenvalue weighted by Crippen LogP contribution is 2.55. The van der Waals surface area contributed by atoms with Gasteiger partial charge in [0.2, 0.25) is 0 Å². The molecule has 39 heavy (non-hydrogen) atoms. The fraction of sp³-hybridized carbons (Fsp3) is 0.600. The molecule has 1 aromatic heterocycles. The summed E-state index contributed by atoms with van der Waals surface area (Å²) in [6.45, 7) is 2.31. The van der Waals surface area contributed by atoms with Gasteiger partial charge in [0, 0.05) is 0 Å². The lowest BCUT2D eigenvalue weighted by Gasteiger charge is -2.39. The van der Waals surface area contributed by atoms with Gasteiger partial charge in [0.05, 0.1) is 16.8 Å². The summed E-state index contributed by atoms with van der Waals surface area (Å²) in [5, 5.41) is 10.1. The van der Waals surface area contributed by atoms with Gasteiger partial charge in [-0.2, -0.15) is 0 Å². The van der Waals surface area contributed by atoms with E-state index in [0.717, 1.165) is 43.4 Å². The summed E-state index contributed by atoms with van der Waals surface area (Å²) >= 11 is 0. The average Bonchev–Trinajstić information content (AvgIpc) is 3.39. The summed E-state index contributed by atoms with van der Waals surface area (Å²) in [5.41, 5.74) is 11.7. The van der Waals surface area contributed by atoms with E-state index in [1.54, 1.807) is 5.44 Å². The normalized spacial score (nSPS) is 18.9. The first-order chi connectivity index (χ1) is 19.3.